The van der Waals surface area contributed by atoms with Gasteiger partial charge in [0.25, 0.3) is 5.91 Å². The van der Waals surface area contributed by atoms with E-state index in [0.717, 1.165) is 44.9 Å². The van der Waals surface area contributed by atoms with Gasteiger partial charge in [-0.25, -0.2) is 13.1 Å². The van der Waals surface area contributed by atoms with Gasteiger partial charge < -0.3 is 10.1 Å². The van der Waals surface area contributed by atoms with Crippen molar-refractivity contribution in [2.24, 2.45) is 0 Å². The molecule has 152 valence electrons. The first-order valence-electron chi connectivity index (χ1n) is 9.95. The summed E-state index contributed by atoms with van der Waals surface area (Å²) in [6.07, 6.45) is 8.26. The Hall–Kier alpha value is -1.60. The summed E-state index contributed by atoms with van der Waals surface area (Å²) in [5.41, 5.74) is 0.695. The highest BCUT2D eigenvalue weighted by molar-refractivity contribution is 7.89. The molecule has 0 heterocycles. The van der Waals surface area contributed by atoms with Gasteiger partial charge in [0.2, 0.25) is 10.0 Å². The van der Waals surface area contributed by atoms with Crippen LogP contribution < -0.4 is 14.8 Å². The van der Waals surface area contributed by atoms with Crippen LogP contribution in [-0.4, -0.2) is 33.5 Å². The molecule has 0 aliphatic heterocycles. The third-order valence-corrected chi connectivity index (χ3v) is 6.36. The van der Waals surface area contributed by atoms with Crippen LogP contribution in [0.2, 0.25) is 0 Å². The van der Waals surface area contributed by atoms with Gasteiger partial charge in [0, 0.05) is 12.6 Å². The number of sulfonamides is 1. The maximum Gasteiger partial charge on any atom is 0.257 e. The molecule has 1 amide bonds. The third kappa shape index (κ3) is 7.14. The lowest BCUT2D eigenvalue weighted by molar-refractivity contribution is -0.123. The highest BCUT2D eigenvalue weighted by atomic mass is 32.2. The van der Waals surface area contributed by atoms with E-state index in [2.05, 4.69) is 17.0 Å². The van der Waals surface area contributed by atoms with Gasteiger partial charge in [0.15, 0.2) is 6.61 Å². The predicted molar refractivity (Wildman–Crippen MR) is 106 cm³/mol. The Morgan fingerprint density at radius 3 is 2.59 bits per heavy atom. The summed E-state index contributed by atoms with van der Waals surface area (Å²) in [5, 5.41) is 2.82. The van der Waals surface area contributed by atoms with E-state index in [1.165, 1.54) is 12.5 Å². The SMILES string of the molecule is CCCCCNC(=O)COc1ccc(S(=O)(=O)NC2CCCCC2)cc1C. The first-order chi connectivity index (χ1) is 12.9. The largest absolute Gasteiger partial charge is 0.484 e. The summed E-state index contributed by atoms with van der Waals surface area (Å²) in [7, 11) is -3.53. The minimum atomic E-state index is -3.53. The van der Waals surface area contributed by atoms with Crippen molar-refractivity contribution >= 4 is 15.9 Å². The van der Waals surface area contributed by atoms with Gasteiger partial charge >= 0.3 is 0 Å². The summed E-state index contributed by atoms with van der Waals surface area (Å²) in [5.74, 6) is 0.358. The molecule has 0 atom stereocenters. The van der Waals surface area contributed by atoms with E-state index in [0.29, 0.717) is 17.9 Å². The van der Waals surface area contributed by atoms with Crippen LogP contribution in [0.3, 0.4) is 0 Å². The summed E-state index contributed by atoms with van der Waals surface area (Å²) >= 11 is 0. The zero-order valence-electron chi connectivity index (χ0n) is 16.4. The molecule has 1 aliphatic carbocycles. The molecule has 1 aromatic rings. The van der Waals surface area contributed by atoms with Crippen molar-refractivity contribution in [3.63, 3.8) is 0 Å². The van der Waals surface area contributed by atoms with E-state index >= 15 is 0 Å². The number of carbonyl (C=O) groups is 1. The molecule has 1 aliphatic rings. The van der Waals surface area contributed by atoms with E-state index in [9.17, 15) is 13.2 Å². The molecule has 27 heavy (non-hydrogen) atoms. The average molecular weight is 397 g/mol. The number of carbonyl (C=O) groups excluding carboxylic acids is 1. The fraction of sp³-hybridized carbons (Fsp3) is 0.650. The number of ether oxygens (including phenoxy) is 1. The number of benzene rings is 1. The lowest BCUT2D eigenvalue weighted by Gasteiger charge is -2.22. The average Bonchev–Trinajstić information content (AvgIpc) is 2.64. The highest BCUT2D eigenvalue weighted by Gasteiger charge is 2.22. The summed E-state index contributed by atoms with van der Waals surface area (Å²) in [6.45, 7) is 4.48. The molecular weight excluding hydrogens is 364 g/mol. The van der Waals surface area contributed by atoms with Crippen molar-refractivity contribution < 1.29 is 17.9 Å². The van der Waals surface area contributed by atoms with Crippen molar-refractivity contribution in [3.8, 4) is 5.75 Å². The minimum absolute atomic E-state index is 0.0244. The van der Waals surface area contributed by atoms with E-state index in [4.69, 9.17) is 4.74 Å². The molecular formula is C20H32N2O4S. The summed E-state index contributed by atoms with van der Waals surface area (Å²) in [6, 6.07) is 4.78. The third-order valence-electron chi connectivity index (χ3n) is 4.84. The van der Waals surface area contributed by atoms with Gasteiger partial charge in [-0.1, -0.05) is 39.0 Å². The van der Waals surface area contributed by atoms with Gasteiger partial charge in [0.1, 0.15) is 5.75 Å². The first-order valence-corrected chi connectivity index (χ1v) is 11.4. The minimum Gasteiger partial charge on any atom is -0.484 e. The van der Waals surface area contributed by atoms with Crippen molar-refractivity contribution in [2.45, 2.75) is 76.2 Å². The molecule has 1 fully saturated rings. The topological polar surface area (TPSA) is 84.5 Å². The maximum absolute atomic E-state index is 12.6. The number of hydrogen-bond donors (Lipinski definition) is 2. The molecule has 1 saturated carbocycles. The first kappa shape index (κ1) is 21.7. The van der Waals surface area contributed by atoms with Crippen LogP contribution in [0, 0.1) is 6.92 Å². The molecule has 0 bridgehead atoms. The number of rotatable bonds is 10. The van der Waals surface area contributed by atoms with Crippen LogP contribution in [0.5, 0.6) is 5.75 Å². The van der Waals surface area contributed by atoms with Crippen LogP contribution in [0.4, 0.5) is 0 Å². The van der Waals surface area contributed by atoms with E-state index in [-0.39, 0.29) is 23.5 Å². The number of amides is 1. The van der Waals surface area contributed by atoms with Crippen molar-refractivity contribution in [2.75, 3.05) is 13.2 Å². The molecule has 0 unspecified atom stereocenters. The van der Waals surface area contributed by atoms with Gasteiger partial charge in [-0.15, -0.1) is 0 Å². The second-order valence-electron chi connectivity index (χ2n) is 7.23. The van der Waals surface area contributed by atoms with Crippen LogP contribution in [0.25, 0.3) is 0 Å². The standard InChI is InChI=1S/C20H32N2O4S/c1-3-4-8-13-21-20(23)15-26-19-12-11-18(14-16(19)2)27(24,25)22-17-9-6-5-7-10-17/h11-12,14,17,22H,3-10,13,15H2,1-2H3,(H,21,23). The summed E-state index contributed by atoms with van der Waals surface area (Å²) in [4.78, 5) is 12.0. The van der Waals surface area contributed by atoms with Gasteiger partial charge in [0.05, 0.1) is 4.90 Å². The molecule has 0 saturated heterocycles. The van der Waals surface area contributed by atoms with Crippen molar-refractivity contribution in [1.29, 1.82) is 0 Å². The van der Waals surface area contributed by atoms with Gasteiger partial charge in [-0.3, -0.25) is 4.79 Å². The van der Waals surface area contributed by atoms with E-state index in [1.807, 2.05) is 0 Å². The zero-order valence-corrected chi connectivity index (χ0v) is 17.2. The second kappa shape index (κ2) is 10.7. The quantitative estimate of drug-likeness (QED) is 0.594. The lowest BCUT2D eigenvalue weighted by atomic mass is 9.96. The predicted octanol–water partition coefficient (Wildman–Crippen LogP) is 3.29. The van der Waals surface area contributed by atoms with Crippen LogP contribution in [0.1, 0.15) is 63.9 Å². The molecule has 0 aromatic heterocycles. The number of hydrogen-bond acceptors (Lipinski definition) is 4. The van der Waals surface area contributed by atoms with Crippen LogP contribution >= 0.6 is 0 Å². The summed E-state index contributed by atoms with van der Waals surface area (Å²) < 4.78 is 33.5. The fourth-order valence-corrected chi connectivity index (χ4v) is 4.65. The number of nitrogens with one attached hydrogen (secondary N) is 2. The molecule has 2 N–H and O–H groups in total. The normalized spacial score (nSPS) is 15.5. The van der Waals surface area contributed by atoms with Crippen molar-refractivity contribution in [3.05, 3.63) is 23.8 Å². The molecule has 1 aromatic carbocycles. The Morgan fingerprint density at radius 2 is 1.93 bits per heavy atom. The fourth-order valence-electron chi connectivity index (χ4n) is 3.26. The maximum atomic E-state index is 12.6. The molecule has 6 nitrogen and oxygen atoms in total. The molecule has 0 radical (unpaired) electrons. The van der Waals surface area contributed by atoms with Crippen molar-refractivity contribution in [1.82, 2.24) is 10.0 Å². The van der Waals surface area contributed by atoms with E-state index < -0.39 is 10.0 Å². The monoisotopic (exact) mass is 396 g/mol. The highest BCUT2D eigenvalue weighted by Crippen LogP contribution is 2.24. The smallest absolute Gasteiger partial charge is 0.257 e. The van der Waals surface area contributed by atoms with Crippen LogP contribution in [-0.2, 0) is 14.8 Å². The molecule has 0 spiro atoms. The molecule has 2 rings (SSSR count). The van der Waals surface area contributed by atoms with Crippen LogP contribution in [0.15, 0.2) is 23.1 Å². The van der Waals surface area contributed by atoms with E-state index in [1.54, 1.807) is 19.1 Å². The Labute approximate surface area is 163 Å². The Balaban J connectivity index is 1.89. The number of unbranched alkanes of at least 4 members (excludes halogenated alkanes) is 2. The second-order valence-corrected chi connectivity index (χ2v) is 8.94. The number of aryl methyl sites for hydroxylation is 1. The molecule has 7 heteroatoms. The zero-order chi connectivity index (χ0) is 19.7. The Kier molecular flexibility index (Phi) is 8.57. The lowest BCUT2D eigenvalue weighted by Crippen LogP contribution is -2.36. The Morgan fingerprint density at radius 1 is 1.19 bits per heavy atom. The van der Waals surface area contributed by atoms with Gasteiger partial charge in [-0.2, -0.15) is 0 Å². The Bertz CT molecular complexity index is 713. The van der Waals surface area contributed by atoms with Gasteiger partial charge in [-0.05, 0) is 49.9 Å².